The first-order valence-corrected chi connectivity index (χ1v) is 6.14. The second-order valence-electron chi connectivity index (χ2n) is 4.12. The summed E-state index contributed by atoms with van der Waals surface area (Å²) in [7, 11) is 0. The van der Waals surface area contributed by atoms with Crippen LogP contribution in [0.4, 0.5) is 5.69 Å². The minimum Gasteiger partial charge on any atom is -0.481 e. The van der Waals surface area contributed by atoms with Crippen LogP contribution in [0.15, 0.2) is 36.4 Å². The van der Waals surface area contributed by atoms with Gasteiger partial charge in [-0.3, -0.25) is 4.79 Å². The van der Waals surface area contributed by atoms with Gasteiger partial charge in [-0.25, -0.2) is 15.1 Å². The van der Waals surface area contributed by atoms with Crippen LogP contribution in [0, 0.1) is 0 Å². The Bertz CT molecular complexity index is 549. The molecule has 0 fully saturated rings. The first kappa shape index (κ1) is 16.2. The molecule has 0 aromatic heterocycles. The number of hydrogen-bond donors (Lipinski definition) is 3. The van der Waals surface area contributed by atoms with Gasteiger partial charge in [0.15, 0.2) is 0 Å². The zero-order chi connectivity index (χ0) is 15.8. The summed E-state index contributed by atoms with van der Waals surface area (Å²) in [6, 6.07) is 6.36. The van der Waals surface area contributed by atoms with Gasteiger partial charge in [-0.05, 0) is 24.1 Å². The molecule has 21 heavy (non-hydrogen) atoms. The van der Waals surface area contributed by atoms with E-state index in [1.54, 1.807) is 31.2 Å². The Kier molecular flexibility index (Phi) is 5.94. The van der Waals surface area contributed by atoms with E-state index >= 15 is 0 Å². The molecule has 0 aliphatic heterocycles. The molecule has 7 nitrogen and oxygen atoms in total. The second kappa shape index (κ2) is 7.68. The molecule has 1 rings (SSSR count). The Labute approximate surface area is 120 Å². The highest BCUT2D eigenvalue weighted by Gasteiger charge is 2.17. The number of carbonyl (C=O) groups excluding carboxylic acids is 1. The molecule has 1 aromatic carbocycles. The molecule has 0 aliphatic carbocycles. The van der Waals surface area contributed by atoms with Gasteiger partial charge in [-0.1, -0.05) is 19.1 Å². The number of benzene rings is 1. The van der Waals surface area contributed by atoms with Crippen molar-refractivity contribution in [3.05, 3.63) is 42.0 Å². The molecule has 0 bridgehead atoms. The van der Waals surface area contributed by atoms with Crippen LogP contribution in [0.3, 0.4) is 0 Å². The monoisotopic (exact) mass is 293 g/mol. The predicted molar refractivity (Wildman–Crippen MR) is 73.6 cm³/mol. The third-order valence-electron chi connectivity index (χ3n) is 2.65. The van der Waals surface area contributed by atoms with Crippen LogP contribution in [0.25, 0.3) is 0 Å². The number of aliphatic carboxylic acids is 2. The van der Waals surface area contributed by atoms with Crippen LogP contribution < -0.4 is 5.48 Å². The molecule has 3 N–H and O–H groups in total. The number of rotatable bonds is 7. The fourth-order valence-corrected chi connectivity index (χ4v) is 1.62. The number of carboxylic acid groups (broad SMARTS) is 2. The van der Waals surface area contributed by atoms with Crippen LogP contribution >= 0.6 is 0 Å². The Morgan fingerprint density at radius 2 is 1.81 bits per heavy atom. The predicted octanol–water partition coefficient (Wildman–Crippen LogP) is 1.78. The SMILES string of the molecule is CCC(C(=O)O)c1ccc(NOC(=O)C=CC(=O)O)cc1. The Balaban J connectivity index is 2.61. The fraction of sp³-hybridized carbons (Fsp3) is 0.214. The van der Waals surface area contributed by atoms with Gasteiger partial charge in [0.2, 0.25) is 0 Å². The molecule has 0 saturated heterocycles. The Hall–Kier alpha value is -2.83. The smallest absolute Gasteiger partial charge is 0.355 e. The fourth-order valence-electron chi connectivity index (χ4n) is 1.62. The largest absolute Gasteiger partial charge is 0.481 e. The van der Waals surface area contributed by atoms with Gasteiger partial charge in [0.25, 0.3) is 0 Å². The number of nitrogens with one attached hydrogen (secondary N) is 1. The minimum atomic E-state index is -1.25. The number of carbonyl (C=O) groups is 3. The maximum absolute atomic E-state index is 11.1. The summed E-state index contributed by atoms with van der Waals surface area (Å²) in [5.41, 5.74) is 3.43. The molecule has 1 aromatic rings. The van der Waals surface area contributed by atoms with E-state index in [2.05, 4.69) is 10.3 Å². The number of carboxylic acids is 2. The maximum Gasteiger partial charge on any atom is 0.355 e. The van der Waals surface area contributed by atoms with Crippen molar-refractivity contribution in [1.82, 2.24) is 0 Å². The van der Waals surface area contributed by atoms with E-state index in [4.69, 9.17) is 10.2 Å². The van der Waals surface area contributed by atoms with Crippen LogP contribution in [0.1, 0.15) is 24.8 Å². The van der Waals surface area contributed by atoms with Crippen molar-refractivity contribution in [3.63, 3.8) is 0 Å². The lowest BCUT2D eigenvalue weighted by molar-refractivity contribution is -0.139. The van der Waals surface area contributed by atoms with Gasteiger partial charge in [0.1, 0.15) is 0 Å². The summed E-state index contributed by atoms with van der Waals surface area (Å²) in [5.74, 6) is -3.60. The van der Waals surface area contributed by atoms with E-state index in [0.29, 0.717) is 23.7 Å². The maximum atomic E-state index is 11.1. The van der Waals surface area contributed by atoms with E-state index in [-0.39, 0.29) is 0 Å². The van der Waals surface area contributed by atoms with Crippen LogP contribution in [0.5, 0.6) is 0 Å². The Morgan fingerprint density at radius 1 is 1.19 bits per heavy atom. The molecule has 0 heterocycles. The summed E-state index contributed by atoms with van der Waals surface area (Å²) in [6.07, 6.45) is 1.89. The topological polar surface area (TPSA) is 113 Å². The molecular formula is C14H15NO6. The number of hydrogen-bond acceptors (Lipinski definition) is 5. The highest BCUT2D eigenvalue weighted by molar-refractivity contribution is 5.91. The molecule has 1 unspecified atom stereocenters. The van der Waals surface area contributed by atoms with E-state index in [1.165, 1.54) is 0 Å². The summed E-state index contributed by atoms with van der Waals surface area (Å²) in [6.45, 7) is 1.78. The van der Waals surface area contributed by atoms with E-state index in [9.17, 15) is 14.4 Å². The third-order valence-corrected chi connectivity index (χ3v) is 2.65. The summed E-state index contributed by atoms with van der Waals surface area (Å²) in [4.78, 5) is 36.9. The number of anilines is 1. The summed E-state index contributed by atoms with van der Waals surface area (Å²) < 4.78 is 0. The van der Waals surface area contributed by atoms with Gasteiger partial charge < -0.3 is 15.1 Å². The highest BCUT2D eigenvalue weighted by Crippen LogP contribution is 2.21. The summed E-state index contributed by atoms with van der Waals surface area (Å²) >= 11 is 0. The van der Waals surface area contributed by atoms with Gasteiger partial charge in [-0.2, -0.15) is 0 Å². The molecule has 1 atom stereocenters. The lowest BCUT2D eigenvalue weighted by Crippen LogP contribution is -2.11. The average molecular weight is 293 g/mol. The van der Waals surface area contributed by atoms with Crippen LogP contribution in [-0.2, 0) is 19.2 Å². The first-order chi connectivity index (χ1) is 9.93. The standard InChI is InChI=1S/C14H15NO6/c1-2-11(14(19)20)9-3-5-10(6-4-9)15-21-13(18)8-7-12(16)17/h3-8,11,15H,2H2,1H3,(H,16,17)(H,19,20). The molecule has 112 valence electrons. The summed E-state index contributed by atoms with van der Waals surface area (Å²) in [5, 5.41) is 17.4. The van der Waals surface area contributed by atoms with E-state index in [0.717, 1.165) is 6.08 Å². The molecule has 0 spiro atoms. The van der Waals surface area contributed by atoms with Crippen molar-refractivity contribution < 1.29 is 29.4 Å². The molecule has 0 amide bonds. The highest BCUT2D eigenvalue weighted by atomic mass is 16.7. The second-order valence-corrected chi connectivity index (χ2v) is 4.12. The van der Waals surface area contributed by atoms with Gasteiger partial charge in [0.05, 0.1) is 11.6 Å². The third kappa shape index (κ3) is 5.35. The normalized spacial score (nSPS) is 11.9. The van der Waals surface area contributed by atoms with Crippen molar-refractivity contribution in [2.75, 3.05) is 5.48 Å². The van der Waals surface area contributed by atoms with Crippen LogP contribution in [-0.4, -0.2) is 28.1 Å². The van der Waals surface area contributed by atoms with Gasteiger partial charge in [0, 0.05) is 12.2 Å². The van der Waals surface area contributed by atoms with E-state index in [1.807, 2.05) is 0 Å². The van der Waals surface area contributed by atoms with E-state index < -0.39 is 23.8 Å². The van der Waals surface area contributed by atoms with Gasteiger partial charge in [-0.15, -0.1) is 0 Å². The zero-order valence-electron chi connectivity index (χ0n) is 11.3. The zero-order valence-corrected chi connectivity index (χ0v) is 11.3. The van der Waals surface area contributed by atoms with Crippen LogP contribution in [0.2, 0.25) is 0 Å². The molecular weight excluding hydrogens is 278 g/mol. The molecule has 0 radical (unpaired) electrons. The molecule has 0 saturated carbocycles. The first-order valence-electron chi connectivity index (χ1n) is 6.14. The lowest BCUT2D eigenvalue weighted by atomic mass is 9.97. The van der Waals surface area contributed by atoms with Crippen molar-refractivity contribution in [1.29, 1.82) is 0 Å². The molecule has 0 aliphatic rings. The minimum absolute atomic E-state index is 0.441. The lowest BCUT2D eigenvalue weighted by Gasteiger charge is -2.11. The average Bonchev–Trinajstić information content (AvgIpc) is 2.44. The van der Waals surface area contributed by atoms with Crippen molar-refractivity contribution in [3.8, 4) is 0 Å². The van der Waals surface area contributed by atoms with Crippen molar-refractivity contribution in [2.24, 2.45) is 0 Å². The molecule has 7 heteroatoms. The van der Waals surface area contributed by atoms with Crippen molar-refractivity contribution >= 4 is 23.6 Å². The van der Waals surface area contributed by atoms with Crippen molar-refractivity contribution in [2.45, 2.75) is 19.3 Å². The Morgan fingerprint density at radius 3 is 2.29 bits per heavy atom. The quantitative estimate of drug-likeness (QED) is 0.518. The van der Waals surface area contributed by atoms with Gasteiger partial charge >= 0.3 is 17.9 Å².